The second kappa shape index (κ2) is 3.47. The second-order valence-electron chi connectivity index (χ2n) is 4.00. The summed E-state index contributed by atoms with van der Waals surface area (Å²) in [7, 11) is -2.90. The van der Waals surface area contributed by atoms with Crippen LogP contribution < -0.4 is 5.73 Å². The van der Waals surface area contributed by atoms with Crippen molar-refractivity contribution in [3.05, 3.63) is 34.9 Å². The van der Waals surface area contributed by atoms with Gasteiger partial charge in [-0.05, 0) is 11.6 Å². The Morgan fingerprint density at radius 1 is 1.33 bits per heavy atom. The van der Waals surface area contributed by atoms with Crippen LogP contribution in [-0.2, 0) is 15.3 Å². The Bertz CT molecular complexity index is 472. The molecular formula is C10H12ClNO2S. The largest absolute Gasteiger partial charge is 0.330 e. The molecule has 0 spiro atoms. The van der Waals surface area contributed by atoms with E-state index in [1.165, 1.54) is 0 Å². The normalized spacial score (nSPS) is 22.0. The molecule has 15 heavy (non-hydrogen) atoms. The molecule has 1 aliphatic heterocycles. The number of benzene rings is 1. The van der Waals surface area contributed by atoms with Crippen molar-refractivity contribution in [1.29, 1.82) is 0 Å². The summed E-state index contributed by atoms with van der Waals surface area (Å²) in [6.07, 6.45) is 0. The lowest BCUT2D eigenvalue weighted by Crippen LogP contribution is -2.56. The SMILES string of the molecule is NCC1(c2ccccc2Cl)CS(=O)(=O)C1. The fourth-order valence-electron chi connectivity index (χ4n) is 2.07. The molecule has 1 aromatic rings. The van der Waals surface area contributed by atoms with Crippen LogP contribution in [0.5, 0.6) is 0 Å². The molecule has 1 saturated heterocycles. The van der Waals surface area contributed by atoms with Crippen molar-refractivity contribution in [2.45, 2.75) is 5.41 Å². The van der Waals surface area contributed by atoms with E-state index in [2.05, 4.69) is 0 Å². The molecule has 0 bridgehead atoms. The van der Waals surface area contributed by atoms with Gasteiger partial charge in [0.2, 0.25) is 0 Å². The first-order valence-electron chi connectivity index (χ1n) is 4.65. The van der Waals surface area contributed by atoms with E-state index in [9.17, 15) is 8.42 Å². The molecule has 0 amide bonds. The third kappa shape index (κ3) is 1.77. The third-order valence-corrected chi connectivity index (χ3v) is 5.14. The molecule has 2 rings (SSSR count). The molecule has 1 heterocycles. The topological polar surface area (TPSA) is 60.2 Å². The van der Waals surface area contributed by atoms with Crippen molar-refractivity contribution in [3.8, 4) is 0 Å². The molecule has 5 heteroatoms. The van der Waals surface area contributed by atoms with Gasteiger partial charge in [-0.3, -0.25) is 0 Å². The maximum Gasteiger partial charge on any atom is 0.152 e. The molecule has 1 aliphatic rings. The summed E-state index contributed by atoms with van der Waals surface area (Å²) in [6, 6.07) is 7.29. The first kappa shape index (κ1) is 10.9. The first-order valence-corrected chi connectivity index (χ1v) is 6.85. The van der Waals surface area contributed by atoms with Crippen molar-refractivity contribution in [2.24, 2.45) is 5.73 Å². The number of nitrogens with two attached hydrogens (primary N) is 1. The van der Waals surface area contributed by atoms with Gasteiger partial charge in [-0.2, -0.15) is 0 Å². The Morgan fingerprint density at radius 2 is 1.93 bits per heavy atom. The lowest BCUT2D eigenvalue weighted by molar-refractivity contribution is 0.465. The summed E-state index contributed by atoms with van der Waals surface area (Å²) in [6.45, 7) is 0.315. The molecule has 0 aliphatic carbocycles. The summed E-state index contributed by atoms with van der Waals surface area (Å²) in [5, 5.41) is 0.595. The standard InChI is InChI=1S/C10H12ClNO2S/c11-9-4-2-1-3-8(9)10(5-12)6-15(13,14)7-10/h1-4H,5-7,12H2. The predicted molar refractivity (Wildman–Crippen MR) is 60.8 cm³/mol. The smallest absolute Gasteiger partial charge is 0.152 e. The van der Waals surface area contributed by atoms with Gasteiger partial charge in [-0.1, -0.05) is 29.8 Å². The van der Waals surface area contributed by atoms with Crippen LogP contribution in [0.1, 0.15) is 5.56 Å². The highest BCUT2D eigenvalue weighted by atomic mass is 35.5. The van der Waals surface area contributed by atoms with Crippen molar-refractivity contribution in [3.63, 3.8) is 0 Å². The molecule has 0 atom stereocenters. The van der Waals surface area contributed by atoms with Crippen molar-refractivity contribution < 1.29 is 8.42 Å². The van der Waals surface area contributed by atoms with E-state index in [0.29, 0.717) is 11.6 Å². The molecule has 0 saturated carbocycles. The Hall–Kier alpha value is -0.580. The molecule has 0 radical (unpaired) electrons. The van der Waals surface area contributed by atoms with Gasteiger partial charge < -0.3 is 5.73 Å². The number of hydrogen-bond donors (Lipinski definition) is 1. The van der Waals surface area contributed by atoms with Gasteiger partial charge in [-0.15, -0.1) is 0 Å². The van der Waals surface area contributed by atoms with Crippen LogP contribution in [0.25, 0.3) is 0 Å². The van der Waals surface area contributed by atoms with E-state index in [0.717, 1.165) is 5.56 Å². The molecule has 0 unspecified atom stereocenters. The van der Waals surface area contributed by atoms with E-state index in [-0.39, 0.29) is 11.5 Å². The third-order valence-electron chi connectivity index (χ3n) is 2.83. The number of sulfone groups is 1. The van der Waals surface area contributed by atoms with Crippen LogP contribution in [0, 0.1) is 0 Å². The number of rotatable bonds is 2. The lowest BCUT2D eigenvalue weighted by Gasteiger charge is -2.41. The van der Waals surface area contributed by atoms with E-state index >= 15 is 0 Å². The number of halogens is 1. The summed E-state index contributed by atoms with van der Waals surface area (Å²) in [5.74, 6) is 0.223. The highest BCUT2D eigenvalue weighted by Gasteiger charge is 2.49. The highest BCUT2D eigenvalue weighted by Crippen LogP contribution is 2.39. The average molecular weight is 246 g/mol. The van der Waals surface area contributed by atoms with Crippen LogP contribution in [0.2, 0.25) is 5.02 Å². The van der Waals surface area contributed by atoms with Gasteiger partial charge >= 0.3 is 0 Å². The van der Waals surface area contributed by atoms with Crippen molar-refractivity contribution in [1.82, 2.24) is 0 Å². The highest BCUT2D eigenvalue weighted by molar-refractivity contribution is 7.93. The van der Waals surface area contributed by atoms with Gasteiger partial charge in [0, 0.05) is 17.0 Å². The quantitative estimate of drug-likeness (QED) is 0.845. The van der Waals surface area contributed by atoms with Crippen LogP contribution >= 0.6 is 11.6 Å². The van der Waals surface area contributed by atoms with Gasteiger partial charge in [0.1, 0.15) is 0 Å². The minimum atomic E-state index is -2.90. The Kier molecular flexibility index (Phi) is 2.53. The maximum atomic E-state index is 11.2. The fourth-order valence-corrected chi connectivity index (χ4v) is 4.56. The molecule has 1 aromatic carbocycles. The van der Waals surface area contributed by atoms with E-state index in [1.807, 2.05) is 18.2 Å². The van der Waals surface area contributed by atoms with Crippen LogP contribution in [0.4, 0.5) is 0 Å². The maximum absolute atomic E-state index is 11.2. The van der Waals surface area contributed by atoms with Crippen molar-refractivity contribution >= 4 is 21.4 Å². The minimum absolute atomic E-state index is 0.111. The zero-order valence-corrected chi connectivity index (χ0v) is 9.68. The predicted octanol–water partition coefficient (Wildman–Crippen LogP) is 0.965. The van der Waals surface area contributed by atoms with Gasteiger partial charge in [-0.25, -0.2) is 8.42 Å². The zero-order valence-electron chi connectivity index (χ0n) is 8.11. The average Bonchev–Trinajstić information content (AvgIpc) is 2.14. The van der Waals surface area contributed by atoms with E-state index in [1.54, 1.807) is 6.07 Å². The van der Waals surface area contributed by atoms with Gasteiger partial charge in [0.25, 0.3) is 0 Å². The van der Waals surface area contributed by atoms with Gasteiger partial charge in [0.05, 0.1) is 11.5 Å². The summed E-state index contributed by atoms with van der Waals surface area (Å²) >= 11 is 6.04. The zero-order chi connectivity index (χ0) is 11.1. The van der Waals surface area contributed by atoms with Crippen molar-refractivity contribution in [2.75, 3.05) is 18.1 Å². The van der Waals surface area contributed by atoms with Crippen LogP contribution in [0.3, 0.4) is 0 Å². The van der Waals surface area contributed by atoms with Crippen LogP contribution in [-0.4, -0.2) is 26.5 Å². The molecular weight excluding hydrogens is 234 g/mol. The monoisotopic (exact) mass is 245 g/mol. The van der Waals surface area contributed by atoms with E-state index < -0.39 is 15.3 Å². The fraction of sp³-hybridized carbons (Fsp3) is 0.400. The molecule has 2 N–H and O–H groups in total. The summed E-state index contributed by atoms with van der Waals surface area (Å²) < 4.78 is 22.5. The Balaban J connectivity index is 2.42. The number of hydrogen-bond acceptors (Lipinski definition) is 3. The Labute approximate surface area is 94.2 Å². The molecule has 1 fully saturated rings. The molecule has 3 nitrogen and oxygen atoms in total. The Morgan fingerprint density at radius 3 is 2.40 bits per heavy atom. The first-order chi connectivity index (χ1) is 6.99. The van der Waals surface area contributed by atoms with Crippen LogP contribution in [0.15, 0.2) is 24.3 Å². The minimum Gasteiger partial charge on any atom is -0.330 e. The summed E-state index contributed by atoms with van der Waals surface area (Å²) in [5.41, 5.74) is 6.06. The molecule has 0 aromatic heterocycles. The summed E-state index contributed by atoms with van der Waals surface area (Å²) in [4.78, 5) is 0. The second-order valence-corrected chi connectivity index (χ2v) is 6.47. The molecule has 82 valence electrons. The van der Waals surface area contributed by atoms with E-state index in [4.69, 9.17) is 17.3 Å². The van der Waals surface area contributed by atoms with Gasteiger partial charge in [0.15, 0.2) is 9.84 Å². The lowest BCUT2D eigenvalue weighted by atomic mass is 9.83.